The normalized spacial score (nSPS) is 10.6. The summed E-state index contributed by atoms with van der Waals surface area (Å²) in [5.74, 6) is 0.380. The van der Waals surface area contributed by atoms with Gasteiger partial charge >= 0.3 is 0 Å². The standard InChI is InChI=1S/C19H17ClN2O2S2/c1-10-4-5-12(8-11(10)2)21-19(25)22-18(23)17-16(20)14-7-6-13(24-3)9-15(14)26-17/h4-9H,1-3H3,(H2,21,22,23,25). The Morgan fingerprint density at radius 2 is 1.92 bits per heavy atom. The molecule has 2 N–H and O–H groups in total. The van der Waals surface area contributed by atoms with E-state index in [0.717, 1.165) is 21.3 Å². The monoisotopic (exact) mass is 404 g/mol. The van der Waals surface area contributed by atoms with Crippen LogP contribution in [-0.2, 0) is 0 Å². The fourth-order valence-electron chi connectivity index (χ4n) is 2.46. The van der Waals surface area contributed by atoms with Gasteiger partial charge in [-0.05, 0) is 67.5 Å². The Morgan fingerprint density at radius 1 is 1.15 bits per heavy atom. The average molecular weight is 405 g/mol. The van der Waals surface area contributed by atoms with Crippen molar-refractivity contribution < 1.29 is 9.53 Å². The van der Waals surface area contributed by atoms with Crippen molar-refractivity contribution in [3.05, 3.63) is 57.4 Å². The van der Waals surface area contributed by atoms with Crippen LogP contribution in [0, 0.1) is 13.8 Å². The molecule has 1 aromatic heterocycles. The summed E-state index contributed by atoms with van der Waals surface area (Å²) < 4.78 is 6.10. The Kier molecular flexibility index (Phi) is 5.46. The summed E-state index contributed by atoms with van der Waals surface area (Å²) in [6, 6.07) is 11.4. The highest BCUT2D eigenvalue weighted by Gasteiger charge is 2.18. The highest BCUT2D eigenvalue weighted by atomic mass is 35.5. The Labute approximate surface area is 166 Å². The fourth-order valence-corrected chi connectivity index (χ4v) is 4.11. The number of anilines is 1. The summed E-state index contributed by atoms with van der Waals surface area (Å²) in [4.78, 5) is 13.0. The molecule has 0 fully saturated rings. The molecule has 2 aromatic carbocycles. The molecule has 0 spiro atoms. The lowest BCUT2D eigenvalue weighted by Gasteiger charge is -2.10. The van der Waals surface area contributed by atoms with E-state index in [1.54, 1.807) is 7.11 Å². The minimum Gasteiger partial charge on any atom is -0.497 e. The zero-order chi connectivity index (χ0) is 18.8. The molecular weight excluding hydrogens is 388 g/mol. The van der Waals surface area contributed by atoms with Gasteiger partial charge in [-0.3, -0.25) is 10.1 Å². The molecule has 0 aliphatic heterocycles. The van der Waals surface area contributed by atoms with E-state index in [2.05, 4.69) is 10.6 Å². The third-order valence-electron chi connectivity index (χ3n) is 4.03. The number of amides is 1. The van der Waals surface area contributed by atoms with Gasteiger partial charge in [-0.25, -0.2) is 0 Å². The smallest absolute Gasteiger partial charge is 0.269 e. The molecule has 3 aromatic rings. The lowest BCUT2D eigenvalue weighted by Crippen LogP contribution is -2.33. The van der Waals surface area contributed by atoms with Crippen molar-refractivity contribution in [1.29, 1.82) is 0 Å². The maximum atomic E-state index is 12.6. The number of hydrogen-bond acceptors (Lipinski definition) is 4. The van der Waals surface area contributed by atoms with Crippen molar-refractivity contribution in [3.8, 4) is 5.75 Å². The van der Waals surface area contributed by atoms with E-state index >= 15 is 0 Å². The molecule has 4 nitrogen and oxygen atoms in total. The predicted octanol–water partition coefficient (Wildman–Crippen LogP) is 5.31. The summed E-state index contributed by atoms with van der Waals surface area (Å²) in [5, 5.41) is 7.17. The van der Waals surface area contributed by atoms with Gasteiger partial charge in [0, 0.05) is 15.8 Å². The van der Waals surface area contributed by atoms with Crippen LogP contribution in [0.5, 0.6) is 5.75 Å². The number of carbonyl (C=O) groups excluding carboxylic acids is 1. The predicted molar refractivity (Wildman–Crippen MR) is 113 cm³/mol. The van der Waals surface area contributed by atoms with Crippen LogP contribution in [0.4, 0.5) is 5.69 Å². The number of fused-ring (bicyclic) bond motifs is 1. The molecule has 3 rings (SSSR count). The van der Waals surface area contributed by atoms with Crippen LogP contribution in [0.2, 0.25) is 5.02 Å². The van der Waals surface area contributed by atoms with Gasteiger partial charge in [-0.15, -0.1) is 11.3 Å². The fraction of sp³-hybridized carbons (Fsp3) is 0.158. The number of thiophene rings is 1. The Bertz CT molecular complexity index is 1010. The van der Waals surface area contributed by atoms with Crippen LogP contribution in [0.15, 0.2) is 36.4 Å². The second-order valence-corrected chi connectivity index (χ2v) is 7.65. The van der Waals surface area contributed by atoms with Crippen LogP contribution >= 0.6 is 35.2 Å². The maximum absolute atomic E-state index is 12.6. The SMILES string of the molecule is COc1ccc2c(Cl)c(C(=O)NC(=S)Nc3ccc(C)c(C)c3)sc2c1. The summed E-state index contributed by atoms with van der Waals surface area (Å²) in [5.41, 5.74) is 3.16. The van der Waals surface area contributed by atoms with E-state index in [0.29, 0.717) is 15.6 Å². The summed E-state index contributed by atoms with van der Waals surface area (Å²) in [6.45, 7) is 4.06. The number of nitrogens with one attached hydrogen (secondary N) is 2. The van der Waals surface area contributed by atoms with Crippen LogP contribution in [0.3, 0.4) is 0 Å². The van der Waals surface area contributed by atoms with Crippen LogP contribution < -0.4 is 15.4 Å². The van der Waals surface area contributed by atoms with Gasteiger partial charge in [0.15, 0.2) is 5.11 Å². The van der Waals surface area contributed by atoms with E-state index in [1.807, 2.05) is 50.2 Å². The molecule has 0 aliphatic rings. The minimum absolute atomic E-state index is 0.226. The molecular formula is C19H17ClN2O2S2. The molecule has 0 unspecified atom stereocenters. The summed E-state index contributed by atoms with van der Waals surface area (Å²) in [7, 11) is 1.60. The Balaban J connectivity index is 1.76. The molecule has 0 atom stereocenters. The van der Waals surface area contributed by atoms with Gasteiger partial charge in [-0.2, -0.15) is 0 Å². The van der Waals surface area contributed by atoms with Crippen LogP contribution in [-0.4, -0.2) is 18.1 Å². The second kappa shape index (κ2) is 7.61. The van der Waals surface area contributed by atoms with Gasteiger partial charge < -0.3 is 10.1 Å². The molecule has 26 heavy (non-hydrogen) atoms. The zero-order valence-corrected chi connectivity index (χ0v) is 16.9. The molecule has 7 heteroatoms. The number of thiocarbonyl (C=S) groups is 1. The number of carbonyl (C=O) groups is 1. The number of ether oxygens (including phenoxy) is 1. The number of rotatable bonds is 3. The number of hydrogen-bond donors (Lipinski definition) is 2. The topological polar surface area (TPSA) is 50.4 Å². The molecule has 1 heterocycles. The minimum atomic E-state index is -0.337. The van der Waals surface area contributed by atoms with Crippen molar-refractivity contribution in [2.45, 2.75) is 13.8 Å². The van der Waals surface area contributed by atoms with E-state index in [9.17, 15) is 4.79 Å². The van der Waals surface area contributed by atoms with E-state index in [-0.39, 0.29) is 11.0 Å². The number of methoxy groups -OCH3 is 1. The Morgan fingerprint density at radius 3 is 2.62 bits per heavy atom. The van der Waals surface area contributed by atoms with Crippen LogP contribution in [0.25, 0.3) is 10.1 Å². The molecule has 134 valence electrons. The lowest BCUT2D eigenvalue weighted by molar-refractivity contribution is 0.0982. The van der Waals surface area contributed by atoms with Crippen molar-refractivity contribution in [2.75, 3.05) is 12.4 Å². The van der Waals surface area contributed by atoms with Gasteiger partial charge in [-0.1, -0.05) is 17.7 Å². The van der Waals surface area contributed by atoms with Crippen molar-refractivity contribution in [1.82, 2.24) is 5.32 Å². The first-order chi connectivity index (χ1) is 12.4. The molecule has 0 aliphatic carbocycles. The van der Waals surface area contributed by atoms with Crippen LogP contribution in [0.1, 0.15) is 20.8 Å². The first kappa shape index (κ1) is 18.6. The van der Waals surface area contributed by atoms with E-state index < -0.39 is 0 Å². The first-order valence-electron chi connectivity index (χ1n) is 7.84. The van der Waals surface area contributed by atoms with Gasteiger partial charge in [0.05, 0.1) is 12.1 Å². The van der Waals surface area contributed by atoms with Gasteiger partial charge in [0.2, 0.25) is 0 Å². The highest BCUT2D eigenvalue weighted by molar-refractivity contribution is 7.80. The summed E-state index contributed by atoms with van der Waals surface area (Å²) in [6.07, 6.45) is 0. The maximum Gasteiger partial charge on any atom is 0.269 e. The molecule has 1 amide bonds. The highest BCUT2D eigenvalue weighted by Crippen LogP contribution is 2.37. The third kappa shape index (κ3) is 3.82. The Hall–Kier alpha value is -2.15. The zero-order valence-electron chi connectivity index (χ0n) is 14.5. The molecule has 0 bridgehead atoms. The van der Waals surface area contributed by atoms with Crippen molar-refractivity contribution >= 4 is 61.9 Å². The number of halogens is 1. The first-order valence-corrected chi connectivity index (χ1v) is 9.45. The lowest BCUT2D eigenvalue weighted by atomic mass is 10.1. The van der Waals surface area contributed by atoms with Crippen molar-refractivity contribution in [2.24, 2.45) is 0 Å². The van der Waals surface area contributed by atoms with Gasteiger partial charge in [0.25, 0.3) is 5.91 Å². The van der Waals surface area contributed by atoms with Gasteiger partial charge in [0.1, 0.15) is 10.6 Å². The van der Waals surface area contributed by atoms with Crippen molar-refractivity contribution in [3.63, 3.8) is 0 Å². The molecule has 0 saturated carbocycles. The van der Waals surface area contributed by atoms with E-state index in [4.69, 9.17) is 28.6 Å². The number of benzene rings is 2. The second-order valence-electron chi connectivity index (χ2n) is 5.81. The molecule has 0 radical (unpaired) electrons. The van der Waals surface area contributed by atoms with E-state index in [1.165, 1.54) is 16.9 Å². The third-order valence-corrected chi connectivity index (χ3v) is 5.89. The molecule has 0 saturated heterocycles. The summed E-state index contributed by atoms with van der Waals surface area (Å²) >= 11 is 12.9. The quantitative estimate of drug-likeness (QED) is 0.581. The average Bonchev–Trinajstić information content (AvgIpc) is 2.94. The number of aryl methyl sites for hydroxylation is 2. The largest absolute Gasteiger partial charge is 0.497 e.